The fourth-order valence-electron chi connectivity index (χ4n) is 4.24. The van der Waals surface area contributed by atoms with Crippen molar-refractivity contribution < 1.29 is 9.59 Å². The lowest BCUT2D eigenvalue weighted by Crippen LogP contribution is -2.50. The Morgan fingerprint density at radius 1 is 1.16 bits per heavy atom. The van der Waals surface area contributed by atoms with Gasteiger partial charge in [0, 0.05) is 26.1 Å². The molecule has 134 valence electrons. The second-order valence-corrected chi connectivity index (χ2v) is 7.28. The summed E-state index contributed by atoms with van der Waals surface area (Å²) < 4.78 is 0. The molecule has 0 spiro atoms. The maximum Gasteiger partial charge on any atom is 0.326 e. The van der Waals surface area contributed by atoms with Crippen LogP contribution < -0.4 is 9.80 Å². The molecular weight excluding hydrogens is 318 g/mol. The summed E-state index contributed by atoms with van der Waals surface area (Å²) in [6, 6.07) is -0.116. The molecule has 1 aromatic rings. The van der Waals surface area contributed by atoms with E-state index in [9.17, 15) is 9.59 Å². The van der Waals surface area contributed by atoms with E-state index in [4.69, 9.17) is 4.98 Å². The lowest BCUT2D eigenvalue weighted by atomic mass is 9.89. The highest BCUT2D eigenvalue weighted by Gasteiger charge is 2.41. The normalized spacial score (nSPS) is 23.9. The Labute approximate surface area is 148 Å². The first-order valence-corrected chi connectivity index (χ1v) is 9.34. The molecule has 2 amide bonds. The molecule has 1 aromatic heterocycles. The fourth-order valence-corrected chi connectivity index (χ4v) is 4.24. The van der Waals surface area contributed by atoms with Gasteiger partial charge in [-0.3, -0.25) is 9.69 Å². The lowest BCUT2D eigenvalue weighted by molar-refractivity contribution is -0.108. The number of carbonyl (C=O) groups excluding carboxylic acids is 2. The zero-order valence-corrected chi connectivity index (χ0v) is 14.7. The first kappa shape index (κ1) is 16.3. The van der Waals surface area contributed by atoms with Crippen molar-refractivity contribution in [3.05, 3.63) is 12.0 Å². The minimum Gasteiger partial charge on any atom is -0.331 e. The third-order valence-electron chi connectivity index (χ3n) is 5.70. The van der Waals surface area contributed by atoms with Crippen LogP contribution in [0.25, 0.3) is 0 Å². The van der Waals surface area contributed by atoms with Crippen molar-refractivity contribution >= 4 is 23.8 Å². The summed E-state index contributed by atoms with van der Waals surface area (Å²) in [6.07, 6.45) is 9.92. The predicted molar refractivity (Wildman–Crippen MR) is 94.8 cm³/mol. The Kier molecular flexibility index (Phi) is 4.31. The van der Waals surface area contributed by atoms with E-state index in [1.54, 1.807) is 16.0 Å². The Morgan fingerprint density at radius 3 is 2.56 bits per heavy atom. The van der Waals surface area contributed by atoms with E-state index < -0.39 is 6.17 Å². The highest BCUT2D eigenvalue weighted by molar-refractivity contribution is 6.02. The van der Waals surface area contributed by atoms with E-state index in [0.29, 0.717) is 17.4 Å². The molecule has 2 fully saturated rings. The first-order valence-electron chi connectivity index (χ1n) is 9.34. The SMILES string of the molecule is CN1c2nc(C3CCCCC3)ncc2N(C(=O)N2CCCC2)C1C=O. The van der Waals surface area contributed by atoms with E-state index in [0.717, 1.165) is 50.9 Å². The number of hydrogen-bond acceptors (Lipinski definition) is 5. The Bertz CT molecular complexity index is 667. The van der Waals surface area contributed by atoms with Gasteiger partial charge in [0.1, 0.15) is 11.5 Å². The highest BCUT2D eigenvalue weighted by atomic mass is 16.2. The standard InChI is InChI=1S/C18H25N5O2/c1-21-15(12-24)23(18(25)22-9-5-6-10-22)14-11-19-16(20-17(14)21)13-7-3-2-4-8-13/h11-13,15H,2-10H2,1H3. The van der Waals surface area contributed by atoms with Crippen LogP contribution in [0.4, 0.5) is 16.3 Å². The molecule has 0 aromatic carbocycles. The number of hydrogen-bond donors (Lipinski definition) is 0. The predicted octanol–water partition coefficient (Wildman–Crippen LogP) is 2.52. The fraction of sp³-hybridized carbons (Fsp3) is 0.667. The van der Waals surface area contributed by atoms with E-state index in [2.05, 4.69) is 4.98 Å². The van der Waals surface area contributed by atoms with Crippen molar-refractivity contribution in [1.82, 2.24) is 14.9 Å². The molecule has 3 heterocycles. The summed E-state index contributed by atoms with van der Waals surface area (Å²) in [7, 11) is 1.83. The molecular formula is C18H25N5O2. The van der Waals surface area contributed by atoms with E-state index in [-0.39, 0.29) is 6.03 Å². The topological polar surface area (TPSA) is 69.6 Å². The third-order valence-corrected chi connectivity index (χ3v) is 5.70. The Balaban J connectivity index is 1.66. The second kappa shape index (κ2) is 6.61. The van der Waals surface area contributed by atoms with E-state index in [1.165, 1.54) is 19.3 Å². The van der Waals surface area contributed by atoms with Crippen LogP contribution in [0.1, 0.15) is 56.7 Å². The molecule has 1 saturated carbocycles. The van der Waals surface area contributed by atoms with Gasteiger partial charge in [-0.15, -0.1) is 0 Å². The molecule has 25 heavy (non-hydrogen) atoms. The van der Waals surface area contributed by atoms with Crippen LogP contribution in [0.2, 0.25) is 0 Å². The van der Waals surface area contributed by atoms with E-state index in [1.807, 2.05) is 11.9 Å². The van der Waals surface area contributed by atoms with Gasteiger partial charge in [-0.1, -0.05) is 19.3 Å². The minimum absolute atomic E-state index is 0.116. The van der Waals surface area contributed by atoms with Gasteiger partial charge in [-0.2, -0.15) is 0 Å². The van der Waals surface area contributed by atoms with Crippen LogP contribution in [0.15, 0.2) is 6.20 Å². The maximum atomic E-state index is 12.9. The first-order chi connectivity index (χ1) is 12.2. The van der Waals surface area contributed by atoms with Crippen molar-refractivity contribution in [2.24, 2.45) is 0 Å². The number of nitrogens with zero attached hydrogens (tertiary/aromatic N) is 5. The highest BCUT2D eigenvalue weighted by Crippen LogP contribution is 2.39. The molecule has 3 aliphatic rings. The number of aldehydes is 1. The number of likely N-dealkylation sites (tertiary alicyclic amines) is 1. The van der Waals surface area contributed by atoms with Gasteiger partial charge in [-0.05, 0) is 25.7 Å². The average Bonchev–Trinajstić information content (AvgIpc) is 3.28. The molecule has 0 N–H and O–H groups in total. The van der Waals surface area contributed by atoms with Gasteiger partial charge >= 0.3 is 6.03 Å². The second-order valence-electron chi connectivity index (χ2n) is 7.28. The maximum absolute atomic E-state index is 12.9. The van der Waals surface area contributed by atoms with Crippen molar-refractivity contribution in [3.63, 3.8) is 0 Å². The monoisotopic (exact) mass is 343 g/mol. The molecule has 1 atom stereocenters. The number of carbonyl (C=O) groups is 2. The zero-order chi connectivity index (χ0) is 17.4. The van der Waals surface area contributed by atoms with Gasteiger partial charge in [0.15, 0.2) is 18.3 Å². The quantitative estimate of drug-likeness (QED) is 0.772. The number of anilines is 2. The minimum atomic E-state index is -0.640. The van der Waals surface area contributed by atoms with Crippen molar-refractivity contribution in [2.75, 3.05) is 29.9 Å². The Morgan fingerprint density at radius 2 is 1.88 bits per heavy atom. The van der Waals surface area contributed by atoms with Crippen molar-refractivity contribution in [3.8, 4) is 0 Å². The van der Waals surface area contributed by atoms with Gasteiger partial charge in [-0.25, -0.2) is 14.8 Å². The summed E-state index contributed by atoms with van der Waals surface area (Å²) in [5, 5.41) is 0. The van der Waals surface area contributed by atoms with Crippen molar-refractivity contribution in [2.45, 2.75) is 57.0 Å². The molecule has 1 unspecified atom stereocenters. The number of aromatic nitrogens is 2. The number of urea groups is 1. The average molecular weight is 343 g/mol. The summed E-state index contributed by atoms with van der Waals surface area (Å²) in [5.74, 6) is 1.94. The molecule has 0 bridgehead atoms. The van der Waals surface area contributed by atoms with Crippen LogP contribution in [-0.2, 0) is 4.79 Å². The lowest BCUT2D eigenvalue weighted by Gasteiger charge is -2.28. The van der Waals surface area contributed by atoms with Crippen LogP contribution in [0, 0.1) is 0 Å². The summed E-state index contributed by atoms with van der Waals surface area (Å²) in [5.41, 5.74) is 0.649. The molecule has 2 aliphatic heterocycles. The molecule has 0 radical (unpaired) electrons. The van der Waals surface area contributed by atoms with E-state index >= 15 is 0 Å². The number of amides is 2. The van der Waals surface area contributed by atoms with Crippen LogP contribution >= 0.6 is 0 Å². The molecule has 1 aliphatic carbocycles. The molecule has 4 rings (SSSR count). The van der Waals surface area contributed by atoms with Crippen LogP contribution in [-0.4, -0.2) is 53.5 Å². The number of fused-ring (bicyclic) bond motifs is 1. The zero-order valence-electron chi connectivity index (χ0n) is 14.7. The summed E-state index contributed by atoms with van der Waals surface area (Å²) >= 11 is 0. The van der Waals surface area contributed by atoms with Gasteiger partial charge in [0.25, 0.3) is 0 Å². The number of likely N-dealkylation sites (N-methyl/N-ethyl adjacent to an activating group) is 1. The number of rotatable bonds is 2. The Hall–Kier alpha value is -2.18. The van der Waals surface area contributed by atoms with Crippen molar-refractivity contribution in [1.29, 1.82) is 0 Å². The molecule has 1 saturated heterocycles. The third kappa shape index (κ3) is 2.75. The molecule has 7 heteroatoms. The summed E-state index contributed by atoms with van der Waals surface area (Å²) in [6.45, 7) is 1.50. The van der Waals surface area contributed by atoms with Gasteiger partial charge < -0.3 is 9.80 Å². The largest absolute Gasteiger partial charge is 0.331 e. The van der Waals surface area contributed by atoms with Gasteiger partial charge in [0.05, 0.1) is 6.20 Å². The van der Waals surface area contributed by atoms with Crippen LogP contribution in [0.5, 0.6) is 0 Å². The smallest absolute Gasteiger partial charge is 0.326 e. The molecule has 7 nitrogen and oxygen atoms in total. The van der Waals surface area contributed by atoms with Crippen LogP contribution in [0.3, 0.4) is 0 Å². The van der Waals surface area contributed by atoms with Gasteiger partial charge in [0.2, 0.25) is 0 Å². The summed E-state index contributed by atoms with van der Waals surface area (Å²) in [4.78, 5) is 39.1.